The Morgan fingerprint density at radius 2 is 1.67 bits per heavy atom. The Balaban J connectivity index is 0.000000219. The molecule has 216 valence electrons. The summed E-state index contributed by atoms with van der Waals surface area (Å²) in [6.45, 7) is 4.54. The zero-order valence-corrected chi connectivity index (χ0v) is 21.8. The second kappa shape index (κ2) is 13.1. The molecule has 1 aliphatic heterocycles. The minimum Gasteiger partial charge on any atom is -0.377 e. The van der Waals surface area contributed by atoms with E-state index in [1.54, 1.807) is 0 Å². The zero-order chi connectivity index (χ0) is 28.8. The number of primary amides is 1. The van der Waals surface area contributed by atoms with Gasteiger partial charge >= 0.3 is 12.4 Å². The first-order valence-electron chi connectivity index (χ1n) is 12.6. The van der Waals surface area contributed by atoms with Crippen LogP contribution in [0.25, 0.3) is 0 Å². The Morgan fingerprint density at radius 3 is 2.15 bits per heavy atom. The third-order valence-electron chi connectivity index (χ3n) is 6.64. The van der Waals surface area contributed by atoms with Crippen molar-refractivity contribution in [1.29, 1.82) is 0 Å². The quantitative estimate of drug-likeness (QED) is 0.402. The average molecular weight is 561 g/mol. The highest BCUT2D eigenvalue weighted by molar-refractivity contribution is 5.76. The molecule has 4 rings (SSSR count). The van der Waals surface area contributed by atoms with Crippen LogP contribution in [0, 0.1) is 5.92 Å². The minimum atomic E-state index is -4.83. The average Bonchev–Trinajstić information content (AvgIpc) is 3.71. The number of nitrogens with one attached hydrogen (secondary N) is 2. The molecule has 1 saturated carbocycles. The van der Waals surface area contributed by atoms with Gasteiger partial charge in [0.15, 0.2) is 0 Å². The molecule has 12 heteroatoms. The highest BCUT2D eigenvalue weighted by Gasteiger charge is 2.37. The Morgan fingerprint density at radius 1 is 1.08 bits per heavy atom. The SMILES string of the molecule is CO[C@H](C)c1cc(C(F)(F)F)cc(C(F)(F)F)c1.NC(=O)CN1C[C@@H](CNC2CC2)CN[C@H]1c1ccccc1. The van der Waals surface area contributed by atoms with Gasteiger partial charge < -0.3 is 15.8 Å². The summed E-state index contributed by atoms with van der Waals surface area (Å²) in [5, 5.41) is 7.14. The number of benzene rings is 2. The maximum atomic E-state index is 12.5. The first-order chi connectivity index (χ1) is 18.3. The van der Waals surface area contributed by atoms with Crippen LogP contribution in [0.3, 0.4) is 0 Å². The Labute approximate surface area is 223 Å². The van der Waals surface area contributed by atoms with Gasteiger partial charge in [0.1, 0.15) is 0 Å². The molecule has 0 radical (unpaired) electrons. The molecule has 1 heterocycles. The first kappa shape index (κ1) is 30.9. The normalized spacial score (nSPS) is 21.1. The summed E-state index contributed by atoms with van der Waals surface area (Å²) < 4.78 is 79.7. The van der Waals surface area contributed by atoms with Crippen LogP contribution in [0.1, 0.15) is 54.3 Å². The number of ether oxygens (including phenoxy) is 1. The van der Waals surface area contributed by atoms with E-state index in [1.807, 2.05) is 18.2 Å². The molecule has 1 saturated heterocycles. The second-order valence-corrected chi connectivity index (χ2v) is 9.88. The Hall–Kier alpha value is -2.67. The van der Waals surface area contributed by atoms with E-state index in [9.17, 15) is 31.1 Å². The second-order valence-electron chi connectivity index (χ2n) is 9.88. The molecule has 0 aromatic heterocycles. The van der Waals surface area contributed by atoms with Crippen molar-refractivity contribution in [3.63, 3.8) is 0 Å². The lowest BCUT2D eigenvalue weighted by atomic mass is 10.0. The van der Waals surface area contributed by atoms with Gasteiger partial charge in [-0.2, -0.15) is 26.3 Å². The van der Waals surface area contributed by atoms with Gasteiger partial charge in [-0.3, -0.25) is 15.0 Å². The molecular weight excluding hydrogens is 526 g/mol. The van der Waals surface area contributed by atoms with Crippen LogP contribution >= 0.6 is 0 Å². The van der Waals surface area contributed by atoms with Crippen LogP contribution in [0.5, 0.6) is 0 Å². The lowest BCUT2D eigenvalue weighted by Crippen LogP contribution is -2.53. The lowest BCUT2D eigenvalue weighted by Gasteiger charge is -2.40. The lowest BCUT2D eigenvalue weighted by molar-refractivity contribution is -0.143. The molecular formula is C27H34F6N4O2. The van der Waals surface area contributed by atoms with E-state index in [4.69, 9.17) is 10.5 Å². The van der Waals surface area contributed by atoms with Gasteiger partial charge in [0, 0.05) is 32.8 Å². The van der Waals surface area contributed by atoms with Crippen molar-refractivity contribution >= 4 is 5.91 Å². The van der Waals surface area contributed by atoms with Crippen LogP contribution in [-0.2, 0) is 21.9 Å². The molecule has 1 aliphatic carbocycles. The summed E-state index contributed by atoms with van der Waals surface area (Å²) in [5.41, 5.74) is 3.76. The molecule has 0 spiro atoms. The molecule has 0 unspecified atom stereocenters. The van der Waals surface area contributed by atoms with Gasteiger partial charge in [-0.15, -0.1) is 0 Å². The van der Waals surface area contributed by atoms with Crippen LogP contribution in [0.4, 0.5) is 26.3 Å². The Bertz CT molecular complexity index is 1040. The summed E-state index contributed by atoms with van der Waals surface area (Å²) in [6, 6.07) is 12.4. The van der Waals surface area contributed by atoms with Crippen molar-refractivity contribution < 1.29 is 35.9 Å². The van der Waals surface area contributed by atoms with E-state index in [0.717, 1.165) is 25.7 Å². The van der Waals surface area contributed by atoms with Gasteiger partial charge in [0.25, 0.3) is 0 Å². The molecule has 2 fully saturated rings. The van der Waals surface area contributed by atoms with Crippen molar-refractivity contribution in [3.05, 3.63) is 70.8 Å². The van der Waals surface area contributed by atoms with Crippen LogP contribution in [0.15, 0.2) is 48.5 Å². The summed E-state index contributed by atoms with van der Waals surface area (Å²) >= 11 is 0. The van der Waals surface area contributed by atoms with Crippen molar-refractivity contribution in [2.45, 2.75) is 50.4 Å². The van der Waals surface area contributed by atoms with E-state index in [2.05, 4.69) is 27.7 Å². The molecule has 4 N–H and O–H groups in total. The number of amides is 1. The molecule has 2 aromatic rings. The van der Waals surface area contributed by atoms with E-state index >= 15 is 0 Å². The predicted octanol–water partition coefficient (Wildman–Crippen LogP) is 4.88. The number of carbonyl (C=O) groups excluding carboxylic acids is 1. The number of alkyl halides is 6. The number of carbonyl (C=O) groups is 1. The van der Waals surface area contributed by atoms with Crippen molar-refractivity contribution in [2.24, 2.45) is 11.7 Å². The smallest absolute Gasteiger partial charge is 0.377 e. The number of rotatable bonds is 8. The van der Waals surface area contributed by atoms with Gasteiger partial charge in [0.05, 0.1) is 29.9 Å². The predicted molar refractivity (Wildman–Crippen MR) is 134 cm³/mol. The van der Waals surface area contributed by atoms with E-state index in [-0.39, 0.29) is 23.7 Å². The van der Waals surface area contributed by atoms with Crippen LogP contribution < -0.4 is 16.4 Å². The maximum Gasteiger partial charge on any atom is 0.416 e. The van der Waals surface area contributed by atoms with E-state index < -0.39 is 29.6 Å². The molecule has 6 nitrogen and oxygen atoms in total. The number of nitrogens with zero attached hydrogens (tertiary/aromatic N) is 1. The van der Waals surface area contributed by atoms with Crippen molar-refractivity contribution in [3.8, 4) is 0 Å². The summed E-state index contributed by atoms with van der Waals surface area (Å²) in [4.78, 5) is 13.5. The van der Waals surface area contributed by atoms with Crippen molar-refractivity contribution in [2.75, 3.05) is 33.3 Å². The van der Waals surface area contributed by atoms with Gasteiger partial charge in [-0.05, 0) is 55.0 Å². The molecule has 39 heavy (non-hydrogen) atoms. The summed E-state index contributed by atoms with van der Waals surface area (Å²) in [5.74, 6) is 0.249. The third kappa shape index (κ3) is 9.48. The number of methoxy groups -OCH3 is 1. The zero-order valence-electron chi connectivity index (χ0n) is 21.8. The van der Waals surface area contributed by atoms with Gasteiger partial charge in [0.2, 0.25) is 5.91 Å². The fourth-order valence-corrected chi connectivity index (χ4v) is 4.34. The highest BCUT2D eigenvalue weighted by atomic mass is 19.4. The molecule has 1 amide bonds. The number of hydrogen-bond acceptors (Lipinski definition) is 5. The monoisotopic (exact) mass is 560 g/mol. The van der Waals surface area contributed by atoms with E-state index in [1.165, 1.54) is 32.4 Å². The fourth-order valence-electron chi connectivity index (χ4n) is 4.34. The molecule has 2 aliphatic rings. The summed E-state index contributed by atoms with van der Waals surface area (Å²) in [7, 11) is 1.21. The number of halogens is 6. The fraction of sp³-hybridized carbons (Fsp3) is 0.519. The largest absolute Gasteiger partial charge is 0.416 e. The van der Waals surface area contributed by atoms with Gasteiger partial charge in [-0.1, -0.05) is 30.3 Å². The van der Waals surface area contributed by atoms with Crippen LogP contribution in [-0.4, -0.2) is 50.1 Å². The first-order valence-corrected chi connectivity index (χ1v) is 12.6. The summed E-state index contributed by atoms with van der Waals surface area (Å²) in [6.07, 6.45) is -7.83. The van der Waals surface area contributed by atoms with Gasteiger partial charge in [-0.25, -0.2) is 0 Å². The number of nitrogens with two attached hydrogens (primary N) is 1. The van der Waals surface area contributed by atoms with Crippen LogP contribution in [0.2, 0.25) is 0 Å². The maximum absolute atomic E-state index is 12.5. The molecule has 2 aromatic carbocycles. The third-order valence-corrected chi connectivity index (χ3v) is 6.64. The highest BCUT2D eigenvalue weighted by Crippen LogP contribution is 2.37. The van der Waals surface area contributed by atoms with Crippen molar-refractivity contribution in [1.82, 2.24) is 15.5 Å². The van der Waals surface area contributed by atoms with E-state index in [0.29, 0.717) is 24.6 Å². The number of hydrogen-bond donors (Lipinski definition) is 3. The minimum absolute atomic E-state index is 0.0795. The Kier molecular flexibility index (Phi) is 10.4. The molecule has 0 bridgehead atoms. The standard InChI is InChI=1S/C16H24N4O.C11H10F6O/c17-15(21)11-20-10-12(8-18-14-6-7-14)9-19-16(20)13-4-2-1-3-5-13;1-6(18-2)7-3-8(10(12,13)14)5-9(4-7)11(15,16)17/h1-5,12,14,16,18-19H,6-11H2,(H2,17,21);3-6H,1-2H3/t12-,16+;6-/m01/s1. The topological polar surface area (TPSA) is 79.6 Å². The molecule has 3 atom stereocenters.